The summed E-state index contributed by atoms with van der Waals surface area (Å²) in [6, 6.07) is 9.85. The molecule has 2 aliphatic rings. The molecule has 3 aromatic heterocycles. The fourth-order valence-corrected chi connectivity index (χ4v) is 6.65. The molecule has 1 N–H and O–H groups in total. The molecular formula is C33H40N6O3S. The molecule has 6 rings (SSSR count). The Hall–Kier alpha value is -3.86. The Morgan fingerprint density at radius 1 is 1.14 bits per heavy atom. The average Bonchev–Trinajstić information content (AvgIpc) is 3.41. The minimum atomic E-state index is 0.0526. The van der Waals surface area contributed by atoms with Gasteiger partial charge in [0.05, 0.1) is 31.3 Å². The Bertz CT molecular complexity index is 1580. The van der Waals surface area contributed by atoms with E-state index in [-0.39, 0.29) is 11.8 Å². The predicted octanol–water partition coefficient (Wildman–Crippen LogP) is 6.60. The lowest BCUT2D eigenvalue weighted by atomic mass is 9.94. The highest BCUT2D eigenvalue weighted by molar-refractivity contribution is 7.19. The summed E-state index contributed by atoms with van der Waals surface area (Å²) >= 11 is 1.65. The summed E-state index contributed by atoms with van der Waals surface area (Å²) < 4.78 is 11.4. The largest absolute Gasteiger partial charge is 0.455 e. The summed E-state index contributed by atoms with van der Waals surface area (Å²) in [5, 5.41) is 4.56. The lowest BCUT2D eigenvalue weighted by Crippen LogP contribution is -2.37. The second-order valence-electron chi connectivity index (χ2n) is 10.6. The monoisotopic (exact) mass is 600 g/mol. The van der Waals surface area contributed by atoms with Crippen molar-refractivity contribution in [2.24, 2.45) is 0 Å². The molecule has 10 heteroatoms. The highest BCUT2D eigenvalue weighted by Gasteiger charge is 2.30. The smallest absolute Gasteiger partial charge is 0.246 e. The van der Waals surface area contributed by atoms with Gasteiger partial charge < -0.3 is 19.7 Å². The second kappa shape index (κ2) is 14.1. The van der Waals surface area contributed by atoms with Crippen LogP contribution < -0.4 is 10.1 Å². The van der Waals surface area contributed by atoms with Crippen LogP contribution in [0, 0.1) is 13.8 Å². The van der Waals surface area contributed by atoms with Gasteiger partial charge in [0.15, 0.2) is 0 Å². The molecule has 1 aromatic carbocycles. The average molecular weight is 601 g/mol. The number of nitrogens with one attached hydrogen (secondary N) is 1. The number of thiophene rings is 1. The van der Waals surface area contributed by atoms with Crippen LogP contribution in [0.25, 0.3) is 10.2 Å². The first-order valence-corrected chi connectivity index (χ1v) is 15.8. The van der Waals surface area contributed by atoms with Crippen molar-refractivity contribution in [3.05, 3.63) is 76.7 Å². The van der Waals surface area contributed by atoms with Gasteiger partial charge in [0.2, 0.25) is 5.91 Å². The lowest BCUT2D eigenvalue weighted by molar-refractivity contribution is -0.127. The zero-order chi connectivity index (χ0) is 30.3. The van der Waals surface area contributed by atoms with Crippen molar-refractivity contribution in [1.29, 1.82) is 0 Å². The SMILES string of the molecule is CC.Cc1ccc(Oc2ccc(Nc3ncnc4sc5c(c34)C(C)CN(C(=O)/C=C/CN3CCOCC3)C5)cc2C)cn1. The third-order valence-electron chi connectivity index (χ3n) is 7.51. The molecular weight excluding hydrogens is 560 g/mol. The van der Waals surface area contributed by atoms with Gasteiger partial charge in [0.1, 0.15) is 28.5 Å². The highest BCUT2D eigenvalue weighted by Crippen LogP contribution is 2.42. The standard InChI is InChI=1S/C31H34N6O3S.C2H6/c1-20-15-23(7-9-25(20)40-24-8-6-22(3)32-16-24)35-30-29-28-21(2)17-37(18-26(28)41-31(29)34-19-33-30)27(38)5-4-10-36-11-13-39-14-12-36;1-2/h4-9,15-16,19,21H,10-14,17-18H2,1-3H3,(H,33,34,35);1-2H3/b5-4+;. The minimum absolute atomic E-state index is 0.0526. The first kappa shape index (κ1) is 30.6. The normalized spacial score (nSPS) is 17.0. The Morgan fingerprint density at radius 2 is 1.95 bits per heavy atom. The molecule has 226 valence electrons. The number of nitrogens with zero attached hydrogens (tertiary/aromatic N) is 5. The summed E-state index contributed by atoms with van der Waals surface area (Å²) in [4.78, 5) is 32.9. The molecule has 0 saturated carbocycles. The van der Waals surface area contributed by atoms with Crippen LogP contribution in [0.4, 0.5) is 11.5 Å². The van der Waals surface area contributed by atoms with E-state index in [1.807, 2.05) is 62.9 Å². The van der Waals surface area contributed by atoms with E-state index in [9.17, 15) is 4.79 Å². The van der Waals surface area contributed by atoms with E-state index in [4.69, 9.17) is 9.47 Å². The van der Waals surface area contributed by atoms with Gasteiger partial charge in [-0.05, 0) is 55.3 Å². The zero-order valence-electron chi connectivity index (χ0n) is 25.6. The number of aromatic nitrogens is 3. The Kier molecular flexibility index (Phi) is 10.0. The molecule has 9 nitrogen and oxygen atoms in total. The molecule has 1 amide bonds. The third kappa shape index (κ3) is 7.21. The number of carbonyl (C=O) groups excluding carboxylic acids is 1. The Morgan fingerprint density at radius 3 is 2.70 bits per heavy atom. The van der Waals surface area contributed by atoms with Crippen molar-refractivity contribution in [3.8, 4) is 11.5 Å². The summed E-state index contributed by atoms with van der Waals surface area (Å²) in [5.74, 6) is 2.48. The van der Waals surface area contributed by atoms with Crippen molar-refractivity contribution in [2.75, 3.05) is 44.7 Å². The lowest BCUT2D eigenvalue weighted by Gasteiger charge is -2.31. The minimum Gasteiger partial charge on any atom is -0.455 e. The molecule has 0 aliphatic carbocycles. The van der Waals surface area contributed by atoms with Crippen LogP contribution in [-0.2, 0) is 16.1 Å². The zero-order valence-corrected chi connectivity index (χ0v) is 26.4. The van der Waals surface area contributed by atoms with Crippen LogP contribution in [0.1, 0.15) is 48.4 Å². The Balaban J connectivity index is 0.00000180. The molecule has 0 radical (unpaired) electrons. The molecule has 1 atom stereocenters. The first-order chi connectivity index (χ1) is 20.9. The van der Waals surface area contributed by atoms with Gasteiger partial charge in [0, 0.05) is 54.4 Å². The number of amides is 1. The van der Waals surface area contributed by atoms with E-state index < -0.39 is 0 Å². The van der Waals surface area contributed by atoms with Gasteiger partial charge in [-0.15, -0.1) is 11.3 Å². The van der Waals surface area contributed by atoms with Gasteiger partial charge in [-0.1, -0.05) is 26.8 Å². The Labute approximate surface area is 257 Å². The van der Waals surface area contributed by atoms with E-state index in [1.165, 1.54) is 10.4 Å². The molecule has 2 aliphatic heterocycles. The number of benzene rings is 1. The fraction of sp³-hybridized carbons (Fsp3) is 0.394. The number of fused-ring (bicyclic) bond motifs is 3. The summed E-state index contributed by atoms with van der Waals surface area (Å²) in [7, 11) is 0. The maximum Gasteiger partial charge on any atom is 0.246 e. The van der Waals surface area contributed by atoms with Crippen LogP contribution in [0.3, 0.4) is 0 Å². The first-order valence-electron chi connectivity index (χ1n) is 14.9. The molecule has 1 unspecified atom stereocenters. The van der Waals surface area contributed by atoms with Gasteiger partial charge in [-0.3, -0.25) is 14.7 Å². The van der Waals surface area contributed by atoms with Crippen LogP contribution in [0.5, 0.6) is 11.5 Å². The number of ether oxygens (including phenoxy) is 2. The molecule has 1 fully saturated rings. The van der Waals surface area contributed by atoms with Crippen molar-refractivity contribution >= 4 is 39.0 Å². The van der Waals surface area contributed by atoms with Gasteiger partial charge in [-0.2, -0.15) is 0 Å². The molecule has 5 heterocycles. The van der Waals surface area contributed by atoms with Crippen LogP contribution in [0.15, 0.2) is 55.0 Å². The number of aryl methyl sites for hydroxylation is 2. The van der Waals surface area contributed by atoms with Crippen LogP contribution in [-0.4, -0.2) is 70.1 Å². The van der Waals surface area contributed by atoms with Gasteiger partial charge in [-0.25, -0.2) is 9.97 Å². The molecule has 0 bridgehead atoms. The predicted molar refractivity (Wildman–Crippen MR) is 173 cm³/mol. The number of hydrogen-bond donors (Lipinski definition) is 1. The van der Waals surface area contributed by atoms with Gasteiger partial charge >= 0.3 is 0 Å². The molecule has 1 saturated heterocycles. The van der Waals surface area contributed by atoms with E-state index in [2.05, 4.69) is 38.2 Å². The summed E-state index contributed by atoms with van der Waals surface area (Å²) in [5.41, 5.74) is 4.10. The quantitative estimate of drug-likeness (QED) is 0.237. The molecule has 43 heavy (non-hydrogen) atoms. The van der Waals surface area contributed by atoms with Crippen LogP contribution in [0.2, 0.25) is 0 Å². The number of morpholine rings is 1. The van der Waals surface area contributed by atoms with Crippen molar-refractivity contribution < 1.29 is 14.3 Å². The number of anilines is 2. The van der Waals surface area contributed by atoms with Gasteiger partial charge in [0.25, 0.3) is 0 Å². The summed E-state index contributed by atoms with van der Waals surface area (Å²) in [6.07, 6.45) is 7.03. The highest BCUT2D eigenvalue weighted by atomic mass is 32.1. The van der Waals surface area contributed by atoms with Crippen molar-refractivity contribution in [3.63, 3.8) is 0 Å². The van der Waals surface area contributed by atoms with Crippen LogP contribution >= 0.6 is 11.3 Å². The van der Waals surface area contributed by atoms with Crippen molar-refractivity contribution in [2.45, 2.75) is 47.1 Å². The van der Waals surface area contributed by atoms with E-state index in [0.717, 1.165) is 71.6 Å². The molecule has 0 spiro atoms. The van der Waals surface area contributed by atoms with E-state index in [1.54, 1.807) is 29.9 Å². The third-order valence-corrected chi connectivity index (χ3v) is 8.61. The fourth-order valence-electron chi connectivity index (χ4n) is 5.37. The maximum atomic E-state index is 13.1. The number of hydrogen-bond acceptors (Lipinski definition) is 9. The number of pyridine rings is 1. The van der Waals surface area contributed by atoms with Crippen molar-refractivity contribution in [1.82, 2.24) is 24.8 Å². The van der Waals surface area contributed by atoms with E-state index >= 15 is 0 Å². The second-order valence-corrected chi connectivity index (χ2v) is 11.7. The topological polar surface area (TPSA) is 92.7 Å². The molecule has 4 aromatic rings. The number of rotatable bonds is 7. The number of carbonyl (C=O) groups is 1. The summed E-state index contributed by atoms with van der Waals surface area (Å²) in [6.45, 7) is 15.5. The van der Waals surface area contributed by atoms with E-state index in [0.29, 0.717) is 18.8 Å². The maximum absolute atomic E-state index is 13.1.